The maximum absolute atomic E-state index is 14.0. The summed E-state index contributed by atoms with van der Waals surface area (Å²) in [5.41, 5.74) is 8.20. The van der Waals surface area contributed by atoms with Crippen LogP contribution in [-0.2, 0) is 47.5 Å². The number of hydrogen-bond donors (Lipinski definition) is 4. The molecule has 6 rings (SSSR count). The Morgan fingerprint density at radius 3 is 2.26 bits per heavy atom. The average Bonchev–Trinajstić information content (AvgIpc) is 3.93. The molecular weight excluding hydrogens is 885 g/mol. The lowest BCUT2D eigenvalue weighted by atomic mass is 9.85. The number of likely N-dealkylation sites (tertiary alicyclic amines) is 1. The van der Waals surface area contributed by atoms with E-state index in [0.717, 1.165) is 69.6 Å². The van der Waals surface area contributed by atoms with Gasteiger partial charge in [0.05, 0.1) is 48.5 Å². The van der Waals surface area contributed by atoms with E-state index in [1.165, 1.54) is 4.90 Å². The minimum absolute atomic E-state index is 0.00927. The lowest BCUT2D eigenvalue weighted by molar-refractivity contribution is -0.144. The van der Waals surface area contributed by atoms with E-state index in [0.29, 0.717) is 49.5 Å². The zero-order chi connectivity index (χ0) is 49.3. The predicted octanol–water partition coefficient (Wildman–Crippen LogP) is 5.78. The highest BCUT2D eigenvalue weighted by atomic mass is 32.1. The van der Waals surface area contributed by atoms with Gasteiger partial charge in [-0.1, -0.05) is 64.3 Å². The quantitative estimate of drug-likeness (QED) is 0.0840. The van der Waals surface area contributed by atoms with Crippen molar-refractivity contribution in [3.05, 3.63) is 86.4 Å². The Morgan fingerprint density at radius 1 is 0.956 bits per heavy atom. The Labute approximate surface area is 404 Å². The molecule has 4 heterocycles. The summed E-state index contributed by atoms with van der Waals surface area (Å²) in [6, 6.07) is 9.91. The molecule has 68 heavy (non-hydrogen) atoms. The number of ether oxygens (including phenoxy) is 2. The molecule has 0 spiro atoms. The van der Waals surface area contributed by atoms with E-state index in [2.05, 4.69) is 20.9 Å². The fourth-order valence-corrected chi connectivity index (χ4v) is 9.91. The molecule has 4 N–H and O–H groups in total. The number of carbonyl (C=O) groups excluding carboxylic acids is 4. The Bertz CT molecular complexity index is 2450. The van der Waals surface area contributed by atoms with Crippen LogP contribution in [-0.4, -0.2) is 119 Å². The van der Waals surface area contributed by atoms with Gasteiger partial charge in [0.25, 0.3) is 5.56 Å². The van der Waals surface area contributed by atoms with Crippen molar-refractivity contribution in [2.75, 3.05) is 47.9 Å². The molecule has 2 aromatic carbocycles. The summed E-state index contributed by atoms with van der Waals surface area (Å²) in [6.45, 7) is 9.66. The predicted molar refractivity (Wildman–Crippen MR) is 264 cm³/mol. The number of pyridine rings is 1. The number of urea groups is 1. The fraction of sp³-hybridized carbons (Fsp3) is 0.529. The van der Waals surface area contributed by atoms with Crippen LogP contribution < -0.4 is 31.0 Å². The highest BCUT2D eigenvalue weighted by Gasteiger charge is 2.44. The van der Waals surface area contributed by atoms with Gasteiger partial charge in [-0.25, -0.2) is 9.78 Å². The molecule has 5 amide bonds. The minimum Gasteiger partial charge on any atom is -0.496 e. The second kappa shape index (κ2) is 23.0. The zero-order valence-electron chi connectivity index (χ0n) is 41.2. The van der Waals surface area contributed by atoms with Crippen LogP contribution in [0.5, 0.6) is 11.5 Å². The van der Waals surface area contributed by atoms with Crippen molar-refractivity contribution in [2.45, 2.75) is 117 Å². The molecule has 2 aliphatic heterocycles. The van der Waals surface area contributed by atoms with Gasteiger partial charge in [-0.2, -0.15) is 0 Å². The van der Waals surface area contributed by atoms with Gasteiger partial charge in [0.1, 0.15) is 23.6 Å². The number of amides is 5. The number of thiazole rings is 1. The average molecular weight is 955 g/mol. The summed E-state index contributed by atoms with van der Waals surface area (Å²) < 4.78 is 13.1. The summed E-state index contributed by atoms with van der Waals surface area (Å²) in [5.74, 6) is 0.416. The van der Waals surface area contributed by atoms with Crippen molar-refractivity contribution in [2.24, 2.45) is 12.5 Å². The van der Waals surface area contributed by atoms with E-state index in [4.69, 9.17) is 9.47 Å². The van der Waals surface area contributed by atoms with E-state index in [-0.39, 0.29) is 55.9 Å². The highest BCUT2D eigenvalue weighted by Crippen LogP contribution is 2.38. The third-order valence-corrected chi connectivity index (χ3v) is 13.8. The Balaban J connectivity index is 0.929. The van der Waals surface area contributed by atoms with Crippen LogP contribution in [0.15, 0.2) is 52.9 Å². The van der Waals surface area contributed by atoms with Gasteiger partial charge in [-0.05, 0) is 80.1 Å². The summed E-state index contributed by atoms with van der Waals surface area (Å²) in [5, 5.41) is 19.5. The van der Waals surface area contributed by atoms with E-state index in [1.54, 1.807) is 42.1 Å². The van der Waals surface area contributed by atoms with Crippen molar-refractivity contribution in [1.82, 2.24) is 40.2 Å². The summed E-state index contributed by atoms with van der Waals surface area (Å²) in [6.07, 6.45) is 5.80. The van der Waals surface area contributed by atoms with Gasteiger partial charge in [-0.3, -0.25) is 19.2 Å². The number of aryl methyl sites for hydroxylation is 2. The van der Waals surface area contributed by atoms with Crippen molar-refractivity contribution < 1.29 is 33.8 Å². The smallest absolute Gasteiger partial charge is 0.317 e. The molecule has 0 saturated carbocycles. The number of hydrogen-bond acceptors (Lipinski definition) is 11. The van der Waals surface area contributed by atoms with E-state index >= 15 is 0 Å². The van der Waals surface area contributed by atoms with Gasteiger partial charge >= 0.3 is 6.03 Å². The van der Waals surface area contributed by atoms with Gasteiger partial charge in [0.2, 0.25) is 17.7 Å². The fourth-order valence-electron chi connectivity index (χ4n) is 9.10. The van der Waals surface area contributed by atoms with E-state index < -0.39 is 29.5 Å². The number of β-amino-alcohol motifs (C(OH)–C–C–N with tert-alkyl or cyclic N) is 1. The van der Waals surface area contributed by atoms with Crippen molar-refractivity contribution in [1.29, 1.82) is 0 Å². The first-order valence-electron chi connectivity index (χ1n) is 23.6. The van der Waals surface area contributed by atoms with Crippen LogP contribution in [0.4, 0.5) is 4.79 Å². The third-order valence-electron chi connectivity index (χ3n) is 12.8. The van der Waals surface area contributed by atoms with E-state index in [1.807, 2.05) is 94.8 Å². The molecule has 4 aromatic rings. The van der Waals surface area contributed by atoms with E-state index in [9.17, 15) is 29.1 Å². The largest absolute Gasteiger partial charge is 0.496 e. The maximum Gasteiger partial charge on any atom is 0.317 e. The SMILES string of the molecule is COc1cc(-c2cn(C)c(=O)c3c2CCN(C(=O)NCCCCCCCC(=O)NC(C(=O)N2C[C@H](O)C[C@H]2C(=O)NCc2ccc(-c4scnc4C)cc2)C(C)(C)C)C3)cc(OC)c1CN(C)C. The Morgan fingerprint density at radius 2 is 1.63 bits per heavy atom. The third kappa shape index (κ3) is 12.6. The molecule has 2 aliphatic rings. The van der Waals surface area contributed by atoms with Crippen molar-refractivity contribution in [3.8, 4) is 33.1 Å². The molecule has 17 heteroatoms. The van der Waals surface area contributed by atoms with Crippen molar-refractivity contribution in [3.63, 3.8) is 0 Å². The highest BCUT2D eigenvalue weighted by molar-refractivity contribution is 7.13. The van der Waals surface area contributed by atoms with Gasteiger partial charge < -0.3 is 49.8 Å². The number of rotatable bonds is 19. The molecule has 3 atom stereocenters. The van der Waals surface area contributed by atoms with Crippen LogP contribution in [0.2, 0.25) is 0 Å². The molecule has 1 saturated heterocycles. The number of fused-ring (bicyclic) bond motifs is 1. The second-order valence-electron chi connectivity index (χ2n) is 19.4. The number of nitrogens with zero attached hydrogens (tertiary/aromatic N) is 5. The molecule has 1 unspecified atom stereocenters. The standard InChI is InChI=1S/C51H70N8O8S/c1-32-45(68-31-54-32)34-18-16-33(17-19-34)26-53-47(62)41-25-36(60)27-59(41)49(64)46(51(2,3)4)55-44(61)15-13-11-10-12-14-21-52-50(65)58-22-20-37-38(29-57(7)48(63)39(37)30-58)35-23-42(66-8)40(28-56(5)6)43(24-35)67-9/h16-19,23-24,29,31,36,41,46,60H,10-15,20-22,25-28,30H2,1-9H3,(H,52,65)(H,53,62)(H,55,61)/t36-,41+,46?/m1/s1. The number of nitrogens with one attached hydrogen (secondary N) is 3. The first-order chi connectivity index (χ1) is 32.4. The normalized spacial score (nSPS) is 16.3. The van der Waals surface area contributed by atoms with Gasteiger partial charge in [0, 0.05) is 69.9 Å². The summed E-state index contributed by atoms with van der Waals surface area (Å²) >= 11 is 1.58. The number of carbonyl (C=O) groups is 4. The molecule has 0 radical (unpaired) electrons. The molecule has 368 valence electrons. The molecular formula is C51H70N8O8S. The summed E-state index contributed by atoms with van der Waals surface area (Å²) in [4.78, 5) is 78.1. The van der Waals surface area contributed by atoms with Crippen molar-refractivity contribution >= 4 is 35.1 Å². The van der Waals surface area contributed by atoms with Crippen LogP contribution >= 0.6 is 11.3 Å². The Hall–Kier alpha value is -5.78. The van der Waals surface area contributed by atoms with Crippen LogP contribution in [0.3, 0.4) is 0 Å². The van der Waals surface area contributed by atoms with Crippen LogP contribution in [0, 0.1) is 12.3 Å². The number of aliphatic hydroxyl groups excluding tert-OH is 1. The number of benzene rings is 2. The molecule has 2 aromatic heterocycles. The summed E-state index contributed by atoms with van der Waals surface area (Å²) in [7, 11) is 8.97. The van der Waals surface area contributed by atoms with Gasteiger partial charge in [0.15, 0.2) is 0 Å². The first-order valence-corrected chi connectivity index (χ1v) is 24.5. The lowest BCUT2D eigenvalue weighted by Crippen LogP contribution is -2.57. The topological polar surface area (TPSA) is 188 Å². The lowest BCUT2D eigenvalue weighted by Gasteiger charge is -2.35. The molecule has 0 aliphatic carbocycles. The molecule has 0 bridgehead atoms. The monoisotopic (exact) mass is 955 g/mol. The first kappa shape index (κ1) is 51.6. The zero-order valence-corrected chi connectivity index (χ0v) is 42.0. The molecule has 16 nitrogen and oxygen atoms in total. The number of methoxy groups -OCH3 is 2. The van der Waals surface area contributed by atoms with Crippen LogP contribution in [0.1, 0.15) is 93.7 Å². The van der Waals surface area contributed by atoms with Crippen LogP contribution in [0.25, 0.3) is 21.6 Å². The molecule has 1 fully saturated rings. The van der Waals surface area contributed by atoms with Gasteiger partial charge in [-0.15, -0.1) is 11.3 Å². The minimum atomic E-state index is -0.890. The number of aromatic nitrogens is 2. The number of unbranched alkanes of at least 4 members (excludes halogenated alkanes) is 4. The number of aliphatic hydroxyl groups is 1. The maximum atomic E-state index is 14.0. The second-order valence-corrected chi connectivity index (χ2v) is 20.2. The Kier molecular flexibility index (Phi) is 17.5.